The number of rotatable bonds is 2. The number of carbonyl (C=O) groups excluding carboxylic acids is 1. The first-order chi connectivity index (χ1) is 7.77. The first-order valence-electron chi connectivity index (χ1n) is 5.69. The van der Waals surface area contributed by atoms with E-state index >= 15 is 0 Å². The second-order valence-electron chi connectivity index (χ2n) is 4.17. The van der Waals surface area contributed by atoms with Gasteiger partial charge in [-0.15, -0.1) is 0 Å². The lowest BCUT2D eigenvalue weighted by molar-refractivity contribution is -0.120. The molecule has 0 bridgehead atoms. The Morgan fingerprint density at radius 3 is 2.81 bits per heavy atom. The van der Waals surface area contributed by atoms with E-state index in [1.165, 1.54) is 19.3 Å². The van der Waals surface area contributed by atoms with Crippen LogP contribution in [0.4, 0.5) is 5.69 Å². The van der Waals surface area contributed by atoms with E-state index < -0.39 is 0 Å². The van der Waals surface area contributed by atoms with E-state index in [0.29, 0.717) is 4.60 Å². The van der Waals surface area contributed by atoms with Crippen LogP contribution in [0, 0.1) is 5.92 Å². The molecule has 16 heavy (non-hydrogen) atoms. The van der Waals surface area contributed by atoms with Crippen molar-refractivity contribution in [2.45, 2.75) is 32.1 Å². The van der Waals surface area contributed by atoms with Crippen LogP contribution in [0.1, 0.15) is 32.1 Å². The van der Waals surface area contributed by atoms with Crippen molar-refractivity contribution in [2.75, 3.05) is 5.32 Å². The summed E-state index contributed by atoms with van der Waals surface area (Å²) < 4.78 is 0.694. The molecule has 3 nitrogen and oxygen atoms in total. The molecule has 1 amide bonds. The van der Waals surface area contributed by atoms with E-state index in [-0.39, 0.29) is 11.8 Å². The molecule has 0 aromatic carbocycles. The molecule has 1 aromatic heterocycles. The molecular weight excluding hydrogens is 268 g/mol. The molecule has 0 unspecified atom stereocenters. The quantitative estimate of drug-likeness (QED) is 0.845. The summed E-state index contributed by atoms with van der Waals surface area (Å²) in [6.45, 7) is 0. The smallest absolute Gasteiger partial charge is 0.227 e. The molecule has 86 valence electrons. The topological polar surface area (TPSA) is 42.0 Å². The van der Waals surface area contributed by atoms with E-state index in [1.807, 2.05) is 12.1 Å². The van der Waals surface area contributed by atoms with Crippen molar-refractivity contribution in [3.05, 3.63) is 22.9 Å². The summed E-state index contributed by atoms with van der Waals surface area (Å²) in [6.07, 6.45) is 7.34. The van der Waals surface area contributed by atoms with Crippen LogP contribution in [0.25, 0.3) is 0 Å². The molecular formula is C12H15BrN2O. The number of aromatic nitrogens is 1. The normalized spacial score (nSPS) is 17.1. The van der Waals surface area contributed by atoms with Gasteiger partial charge in [0.25, 0.3) is 0 Å². The molecule has 1 aromatic rings. The van der Waals surface area contributed by atoms with Gasteiger partial charge in [-0.05, 0) is 40.9 Å². The van der Waals surface area contributed by atoms with Crippen molar-refractivity contribution in [1.82, 2.24) is 4.98 Å². The van der Waals surface area contributed by atoms with Crippen LogP contribution in [0.15, 0.2) is 22.9 Å². The predicted octanol–water partition coefficient (Wildman–Crippen LogP) is 3.36. The zero-order chi connectivity index (χ0) is 11.4. The SMILES string of the molecule is O=C(Nc1cccnc1Br)C1CCCCC1. The van der Waals surface area contributed by atoms with E-state index in [0.717, 1.165) is 18.5 Å². The van der Waals surface area contributed by atoms with Gasteiger partial charge in [0.15, 0.2) is 0 Å². The van der Waals surface area contributed by atoms with Gasteiger partial charge in [-0.2, -0.15) is 0 Å². The maximum absolute atomic E-state index is 12.0. The van der Waals surface area contributed by atoms with Gasteiger partial charge in [-0.25, -0.2) is 4.98 Å². The highest BCUT2D eigenvalue weighted by Gasteiger charge is 2.21. The van der Waals surface area contributed by atoms with Crippen LogP contribution in [-0.2, 0) is 4.79 Å². The number of carbonyl (C=O) groups is 1. The highest BCUT2D eigenvalue weighted by atomic mass is 79.9. The fourth-order valence-corrected chi connectivity index (χ4v) is 2.43. The summed E-state index contributed by atoms with van der Waals surface area (Å²) in [5, 5.41) is 2.93. The largest absolute Gasteiger partial charge is 0.324 e. The number of hydrogen-bond acceptors (Lipinski definition) is 2. The number of pyridine rings is 1. The lowest BCUT2D eigenvalue weighted by atomic mass is 9.88. The molecule has 0 atom stereocenters. The van der Waals surface area contributed by atoms with Gasteiger partial charge in [0.05, 0.1) is 5.69 Å². The molecule has 2 rings (SSSR count). The minimum absolute atomic E-state index is 0.133. The Bertz CT molecular complexity index is 375. The Kier molecular flexibility index (Phi) is 3.93. The average molecular weight is 283 g/mol. The number of halogens is 1. The third-order valence-electron chi connectivity index (χ3n) is 2.99. The highest BCUT2D eigenvalue weighted by Crippen LogP contribution is 2.26. The predicted molar refractivity (Wildman–Crippen MR) is 67.1 cm³/mol. The molecule has 0 spiro atoms. The second-order valence-corrected chi connectivity index (χ2v) is 4.92. The maximum atomic E-state index is 12.0. The number of amides is 1. The Morgan fingerprint density at radius 2 is 2.12 bits per heavy atom. The third-order valence-corrected chi connectivity index (χ3v) is 3.62. The first-order valence-corrected chi connectivity index (χ1v) is 6.48. The Hall–Kier alpha value is -0.900. The summed E-state index contributed by atoms with van der Waals surface area (Å²) >= 11 is 3.32. The fourth-order valence-electron chi connectivity index (χ4n) is 2.08. The van der Waals surface area contributed by atoms with Crippen LogP contribution in [0.3, 0.4) is 0 Å². The molecule has 1 aliphatic rings. The third kappa shape index (κ3) is 2.82. The van der Waals surface area contributed by atoms with Crippen LogP contribution in [0.2, 0.25) is 0 Å². The number of nitrogens with zero attached hydrogens (tertiary/aromatic N) is 1. The van der Waals surface area contributed by atoms with Crippen molar-refractivity contribution < 1.29 is 4.79 Å². The van der Waals surface area contributed by atoms with Gasteiger partial charge in [-0.1, -0.05) is 19.3 Å². The molecule has 1 fully saturated rings. The van der Waals surface area contributed by atoms with Gasteiger partial charge in [0.1, 0.15) is 4.60 Å². The van der Waals surface area contributed by atoms with Crippen molar-refractivity contribution >= 4 is 27.5 Å². The molecule has 1 N–H and O–H groups in total. The zero-order valence-corrected chi connectivity index (χ0v) is 10.7. The monoisotopic (exact) mass is 282 g/mol. The number of anilines is 1. The van der Waals surface area contributed by atoms with E-state index in [9.17, 15) is 4.79 Å². The molecule has 0 radical (unpaired) electrons. The van der Waals surface area contributed by atoms with Crippen molar-refractivity contribution in [1.29, 1.82) is 0 Å². The summed E-state index contributed by atoms with van der Waals surface area (Å²) in [4.78, 5) is 16.0. The lowest BCUT2D eigenvalue weighted by Crippen LogP contribution is -2.24. The molecule has 4 heteroatoms. The van der Waals surface area contributed by atoms with Gasteiger partial charge in [-0.3, -0.25) is 4.79 Å². The van der Waals surface area contributed by atoms with Crippen LogP contribution in [0.5, 0.6) is 0 Å². The van der Waals surface area contributed by atoms with Gasteiger partial charge in [0, 0.05) is 12.1 Å². The van der Waals surface area contributed by atoms with Gasteiger partial charge < -0.3 is 5.32 Å². The van der Waals surface area contributed by atoms with E-state index in [1.54, 1.807) is 6.20 Å². The summed E-state index contributed by atoms with van der Waals surface area (Å²) in [5.41, 5.74) is 0.762. The Balaban J connectivity index is 1.99. The van der Waals surface area contributed by atoms with Crippen molar-refractivity contribution in [3.63, 3.8) is 0 Å². The zero-order valence-electron chi connectivity index (χ0n) is 9.08. The Labute approximate surface area is 104 Å². The van der Waals surface area contributed by atoms with Gasteiger partial charge >= 0.3 is 0 Å². The summed E-state index contributed by atoms with van der Waals surface area (Å²) in [7, 11) is 0. The Morgan fingerprint density at radius 1 is 1.38 bits per heavy atom. The maximum Gasteiger partial charge on any atom is 0.227 e. The number of nitrogens with one attached hydrogen (secondary N) is 1. The standard InChI is InChI=1S/C12H15BrN2O/c13-11-10(7-4-8-14-11)15-12(16)9-5-2-1-3-6-9/h4,7-9H,1-3,5-6H2,(H,15,16). The van der Waals surface area contributed by atoms with Crippen molar-refractivity contribution in [3.8, 4) is 0 Å². The average Bonchev–Trinajstić information content (AvgIpc) is 2.33. The minimum Gasteiger partial charge on any atom is -0.324 e. The molecule has 0 aliphatic heterocycles. The highest BCUT2D eigenvalue weighted by molar-refractivity contribution is 9.10. The lowest BCUT2D eigenvalue weighted by Gasteiger charge is -2.20. The van der Waals surface area contributed by atoms with Crippen molar-refractivity contribution in [2.24, 2.45) is 5.92 Å². The number of hydrogen-bond donors (Lipinski definition) is 1. The van der Waals surface area contributed by atoms with E-state index in [2.05, 4.69) is 26.2 Å². The van der Waals surface area contributed by atoms with Crippen LogP contribution < -0.4 is 5.32 Å². The second kappa shape index (κ2) is 5.43. The molecule has 1 saturated carbocycles. The summed E-state index contributed by atoms with van der Waals surface area (Å²) in [6, 6.07) is 3.68. The minimum atomic E-state index is 0.133. The fraction of sp³-hybridized carbons (Fsp3) is 0.500. The first kappa shape index (κ1) is 11.6. The summed E-state index contributed by atoms with van der Waals surface area (Å²) in [5.74, 6) is 0.314. The molecule has 1 heterocycles. The van der Waals surface area contributed by atoms with E-state index in [4.69, 9.17) is 0 Å². The molecule has 1 aliphatic carbocycles. The van der Waals surface area contributed by atoms with Crippen LogP contribution in [-0.4, -0.2) is 10.9 Å². The van der Waals surface area contributed by atoms with Gasteiger partial charge in [0.2, 0.25) is 5.91 Å². The van der Waals surface area contributed by atoms with Crippen LogP contribution >= 0.6 is 15.9 Å². The molecule has 0 saturated heterocycles.